The van der Waals surface area contributed by atoms with E-state index in [1.54, 1.807) is 0 Å². The molecule has 0 fully saturated rings. The van der Waals surface area contributed by atoms with Gasteiger partial charge in [0.05, 0.1) is 185 Å². The zero-order chi connectivity index (χ0) is 34.2. The quantitative estimate of drug-likeness (QED) is 0.0576. The summed E-state index contributed by atoms with van der Waals surface area (Å²) in [5, 5.41) is 8.57. The number of aliphatic hydroxyl groups is 1. The Morgan fingerprint density at radius 1 is 0.277 bits per heavy atom. The van der Waals surface area contributed by atoms with Gasteiger partial charge >= 0.3 is 10.4 Å². The summed E-state index contributed by atoms with van der Waals surface area (Å²) in [5.41, 5.74) is 0. The molecule has 0 aliphatic carbocycles. The molecule has 284 valence electrons. The van der Waals surface area contributed by atoms with Gasteiger partial charge in [0, 0.05) is 0 Å². The Balaban J connectivity index is 3.06. The first-order valence-corrected chi connectivity index (χ1v) is 17.2. The van der Waals surface area contributed by atoms with Gasteiger partial charge in [-0.25, -0.2) is 4.18 Å². The predicted molar refractivity (Wildman–Crippen MR) is 165 cm³/mol. The molecule has 0 unspecified atom stereocenters. The van der Waals surface area contributed by atoms with Crippen LogP contribution in [0.15, 0.2) is 0 Å². The largest absolute Gasteiger partial charge is 0.397 e. The summed E-state index contributed by atoms with van der Waals surface area (Å²) >= 11 is 0. The van der Waals surface area contributed by atoms with Gasteiger partial charge in [-0.1, -0.05) is 0 Å². The van der Waals surface area contributed by atoms with Crippen molar-refractivity contribution in [2.24, 2.45) is 0 Å². The molecule has 0 aliphatic rings. The van der Waals surface area contributed by atoms with Crippen molar-refractivity contribution >= 4 is 10.4 Å². The molecule has 0 aliphatic heterocycles. The van der Waals surface area contributed by atoms with Crippen LogP contribution in [0, 0.1) is 0 Å². The van der Waals surface area contributed by atoms with Crippen LogP contribution in [-0.4, -0.2) is 203 Å². The highest BCUT2D eigenvalue weighted by molar-refractivity contribution is 7.80. The minimum absolute atomic E-state index is 0.0171. The molecular formula is C28H58O18S. The summed E-state index contributed by atoms with van der Waals surface area (Å²) in [5.74, 6) is 0. The van der Waals surface area contributed by atoms with Gasteiger partial charge in [-0.15, -0.1) is 0 Å². The smallest absolute Gasteiger partial charge is 0.394 e. The lowest BCUT2D eigenvalue weighted by molar-refractivity contribution is -0.0293. The van der Waals surface area contributed by atoms with Gasteiger partial charge in [-0.2, -0.15) is 8.42 Å². The minimum atomic E-state index is -4.43. The molecule has 18 nitrogen and oxygen atoms in total. The van der Waals surface area contributed by atoms with E-state index in [0.717, 1.165) is 0 Å². The Hall–Kier alpha value is -0.690. The molecule has 0 bridgehead atoms. The van der Waals surface area contributed by atoms with Gasteiger partial charge in [0.25, 0.3) is 0 Å². The maximum atomic E-state index is 10.3. The second-order valence-corrected chi connectivity index (χ2v) is 10.0. The molecule has 0 heterocycles. The monoisotopic (exact) mass is 714 g/mol. The zero-order valence-corrected chi connectivity index (χ0v) is 28.5. The molecule has 0 aromatic rings. The van der Waals surface area contributed by atoms with E-state index in [1.807, 2.05) is 0 Å². The van der Waals surface area contributed by atoms with E-state index < -0.39 is 10.4 Å². The van der Waals surface area contributed by atoms with Crippen LogP contribution in [0.2, 0.25) is 0 Å². The summed E-state index contributed by atoms with van der Waals surface area (Å²) in [6.07, 6.45) is 0. The number of rotatable bonds is 42. The first-order chi connectivity index (χ1) is 23.1. The van der Waals surface area contributed by atoms with Crippen LogP contribution in [0.3, 0.4) is 0 Å². The first-order valence-electron chi connectivity index (χ1n) is 15.8. The van der Waals surface area contributed by atoms with E-state index in [0.29, 0.717) is 159 Å². The Kier molecular flexibility index (Phi) is 39.2. The van der Waals surface area contributed by atoms with Crippen LogP contribution >= 0.6 is 0 Å². The predicted octanol–water partition coefficient (Wildman–Crippen LogP) is -0.986. The first kappa shape index (κ1) is 46.3. The van der Waals surface area contributed by atoms with Crippen LogP contribution in [0.25, 0.3) is 0 Å². The summed E-state index contributed by atoms with van der Waals surface area (Å²) in [4.78, 5) is 0. The molecule has 19 heteroatoms. The van der Waals surface area contributed by atoms with Crippen LogP contribution in [0.5, 0.6) is 0 Å². The van der Waals surface area contributed by atoms with Gasteiger partial charge in [0.1, 0.15) is 0 Å². The van der Waals surface area contributed by atoms with Crippen molar-refractivity contribution in [2.45, 2.75) is 0 Å². The molecule has 0 atom stereocenters. The van der Waals surface area contributed by atoms with Crippen molar-refractivity contribution in [3.63, 3.8) is 0 Å². The van der Waals surface area contributed by atoms with E-state index in [4.69, 9.17) is 71.2 Å². The Bertz CT molecular complexity index is 690. The van der Waals surface area contributed by atoms with Crippen molar-refractivity contribution in [3.05, 3.63) is 0 Å². The molecule has 0 rings (SSSR count). The normalized spacial score (nSPS) is 12.0. The lowest BCUT2D eigenvalue weighted by Gasteiger charge is -2.09. The third-order valence-corrected chi connectivity index (χ3v) is 5.62. The van der Waals surface area contributed by atoms with Crippen LogP contribution in [0.4, 0.5) is 0 Å². The fourth-order valence-electron chi connectivity index (χ4n) is 3.00. The second-order valence-electron chi connectivity index (χ2n) is 8.93. The molecule has 0 saturated carbocycles. The number of hydrogen-bond acceptors (Lipinski definition) is 17. The summed E-state index contributed by atoms with van der Waals surface area (Å²) < 4.78 is 103. The van der Waals surface area contributed by atoms with E-state index in [-0.39, 0.29) is 26.4 Å². The maximum absolute atomic E-state index is 10.3. The number of aliphatic hydroxyl groups excluding tert-OH is 1. The topological polar surface area (TPSA) is 204 Å². The molecule has 2 N–H and O–H groups in total. The van der Waals surface area contributed by atoms with Crippen molar-refractivity contribution in [3.8, 4) is 0 Å². The fraction of sp³-hybridized carbons (Fsp3) is 1.00. The molecule has 47 heavy (non-hydrogen) atoms. The van der Waals surface area contributed by atoms with E-state index in [2.05, 4.69) is 4.18 Å². The van der Waals surface area contributed by atoms with Gasteiger partial charge < -0.3 is 66.7 Å². The van der Waals surface area contributed by atoms with Gasteiger partial charge in [0.15, 0.2) is 0 Å². The molecule has 0 amide bonds. The third kappa shape index (κ3) is 45.3. The van der Waals surface area contributed by atoms with E-state index >= 15 is 0 Å². The van der Waals surface area contributed by atoms with Crippen LogP contribution < -0.4 is 0 Å². The molecule has 0 saturated heterocycles. The number of ether oxygens (including phenoxy) is 13. The highest BCUT2D eigenvalue weighted by Crippen LogP contribution is 1.89. The molecular weight excluding hydrogens is 656 g/mol. The lowest BCUT2D eigenvalue weighted by Crippen LogP contribution is -2.16. The molecule has 0 spiro atoms. The zero-order valence-electron chi connectivity index (χ0n) is 27.6. The van der Waals surface area contributed by atoms with E-state index in [9.17, 15) is 8.42 Å². The third-order valence-electron chi connectivity index (χ3n) is 5.16. The summed E-state index contributed by atoms with van der Waals surface area (Å²) in [7, 11) is -4.43. The average molecular weight is 715 g/mol. The highest BCUT2D eigenvalue weighted by atomic mass is 32.3. The van der Waals surface area contributed by atoms with Crippen molar-refractivity contribution in [1.29, 1.82) is 0 Å². The summed E-state index contributed by atoms with van der Waals surface area (Å²) in [6.45, 7) is 11.0. The van der Waals surface area contributed by atoms with Crippen LogP contribution in [-0.2, 0) is 76.2 Å². The maximum Gasteiger partial charge on any atom is 0.397 e. The molecule has 0 aromatic carbocycles. The standard InChI is InChI=1S/C28H58O18S/c29-1-2-33-3-4-34-5-6-35-7-8-36-9-10-37-11-12-38-13-14-39-15-16-40-17-18-41-19-20-42-21-22-43-23-24-44-25-26-45-27-28-46-47(30,31)32/h29H,1-28H2,(H,30,31,32). The Morgan fingerprint density at radius 2 is 0.426 bits per heavy atom. The van der Waals surface area contributed by atoms with Crippen molar-refractivity contribution in [2.75, 3.05) is 185 Å². The van der Waals surface area contributed by atoms with E-state index in [1.165, 1.54) is 0 Å². The van der Waals surface area contributed by atoms with Gasteiger partial charge in [-0.05, 0) is 0 Å². The Labute approximate surface area is 279 Å². The van der Waals surface area contributed by atoms with Crippen molar-refractivity contribution < 1.29 is 83.8 Å². The highest BCUT2D eigenvalue weighted by Gasteiger charge is 2.03. The van der Waals surface area contributed by atoms with Gasteiger partial charge in [0.2, 0.25) is 0 Å². The van der Waals surface area contributed by atoms with Crippen molar-refractivity contribution in [1.82, 2.24) is 0 Å². The minimum Gasteiger partial charge on any atom is -0.394 e. The summed E-state index contributed by atoms with van der Waals surface area (Å²) in [6, 6.07) is 0. The number of hydrogen-bond donors (Lipinski definition) is 2. The Morgan fingerprint density at radius 3 is 0.574 bits per heavy atom. The van der Waals surface area contributed by atoms with Crippen LogP contribution in [0.1, 0.15) is 0 Å². The SMILES string of the molecule is O=S(=O)(O)OCCOCCOCCOCCOCCOCCOCCOCCOCCOCCOCCOCCOCCOCCO. The second kappa shape index (κ2) is 39.7. The molecule has 0 radical (unpaired) electrons. The lowest BCUT2D eigenvalue weighted by atomic mass is 10.6. The average Bonchev–Trinajstić information content (AvgIpc) is 3.05. The fourth-order valence-corrected chi connectivity index (χ4v) is 3.28. The molecule has 0 aromatic heterocycles. The van der Waals surface area contributed by atoms with Gasteiger partial charge in [-0.3, -0.25) is 4.55 Å².